The van der Waals surface area contributed by atoms with Crippen molar-refractivity contribution < 1.29 is 9.59 Å². The van der Waals surface area contributed by atoms with E-state index in [1.54, 1.807) is 6.20 Å². The molecule has 0 N–H and O–H groups in total. The number of hydrogen-bond donors (Lipinski definition) is 0. The van der Waals surface area contributed by atoms with E-state index in [9.17, 15) is 9.59 Å². The second-order valence-electron chi connectivity index (χ2n) is 8.03. The number of benzene rings is 1. The Morgan fingerprint density at radius 1 is 0.844 bits per heavy atom. The van der Waals surface area contributed by atoms with Crippen molar-refractivity contribution in [1.82, 2.24) is 9.88 Å². The lowest BCUT2D eigenvalue weighted by Gasteiger charge is -2.37. The van der Waals surface area contributed by atoms with Gasteiger partial charge in [0.05, 0.1) is 11.3 Å². The first-order valence-electron chi connectivity index (χ1n) is 10.7. The van der Waals surface area contributed by atoms with Crippen LogP contribution in [0, 0.1) is 13.8 Å². The zero-order valence-corrected chi connectivity index (χ0v) is 18.9. The predicted octanol–water partition coefficient (Wildman–Crippen LogP) is 3.87. The van der Waals surface area contributed by atoms with Gasteiger partial charge in [0.2, 0.25) is 0 Å². The molecule has 1 fully saturated rings. The first kappa shape index (κ1) is 20.5. The Bertz CT molecular complexity index is 1200. The molecular formula is C25H24N4O2S. The normalized spacial score (nSPS) is 17.0. The quantitative estimate of drug-likeness (QED) is 0.572. The lowest BCUT2D eigenvalue weighted by Crippen LogP contribution is -2.48. The molecule has 1 saturated heterocycles. The van der Waals surface area contributed by atoms with Crippen molar-refractivity contribution in [3.05, 3.63) is 81.8 Å². The summed E-state index contributed by atoms with van der Waals surface area (Å²) in [6.07, 6.45) is 1.79. The molecule has 0 saturated carbocycles. The number of carbonyl (C=O) groups is 2. The van der Waals surface area contributed by atoms with Gasteiger partial charge in [-0.2, -0.15) is 0 Å². The molecule has 0 bridgehead atoms. The molecule has 1 aromatic carbocycles. The zero-order valence-electron chi connectivity index (χ0n) is 18.1. The summed E-state index contributed by atoms with van der Waals surface area (Å²) in [5.74, 6) is 0.456. The summed E-state index contributed by atoms with van der Waals surface area (Å²) in [6, 6.07) is 15.5. The molecule has 0 radical (unpaired) electrons. The van der Waals surface area contributed by atoms with Crippen molar-refractivity contribution in [2.24, 2.45) is 0 Å². The number of nitrogens with zero attached hydrogens (tertiary/aromatic N) is 4. The highest BCUT2D eigenvalue weighted by Crippen LogP contribution is 2.38. The van der Waals surface area contributed by atoms with E-state index in [-0.39, 0.29) is 11.8 Å². The van der Waals surface area contributed by atoms with E-state index in [0.717, 1.165) is 34.9 Å². The van der Waals surface area contributed by atoms with Crippen LogP contribution in [0.1, 0.15) is 16.0 Å². The van der Waals surface area contributed by atoms with Crippen molar-refractivity contribution in [2.75, 3.05) is 36.0 Å². The highest BCUT2D eigenvalue weighted by Gasteiger charge is 2.44. The Labute approximate surface area is 191 Å². The summed E-state index contributed by atoms with van der Waals surface area (Å²) in [6.45, 7) is 6.74. The van der Waals surface area contributed by atoms with Crippen LogP contribution in [0.15, 0.2) is 65.8 Å². The van der Waals surface area contributed by atoms with Gasteiger partial charge < -0.3 is 9.80 Å². The lowest BCUT2D eigenvalue weighted by atomic mass is 10.1. The van der Waals surface area contributed by atoms with Crippen molar-refractivity contribution in [3.63, 3.8) is 0 Å². The molecule has 2 aliphatic rings. The van der Waals surface area contributed by atoms with Gasteiger partial charge in [0.1, 0.15) is 11.5 Å². The summed E-state index contributed by atoms with van der Waals surface area (Å²) in [5, 5.41) is 1.94. The topological polar surface area (TPSA) is 56.8 Å². The largest absolute Gasteiger partial charge is 0.363 e. The molecular weight excluding hydrogens is 420 g/mol. The molecule has 0 spiro atoms. The van der Waals surface area contributed by atoms with Gasteiger partial charge in [0.15, 0.2) is 0 Å². The summed E-state index contributed by atoms with van der Waals surface area (Å²) in [4.78, 5) is 38.3. The number of pyridine rings is 1. The average molecular weight is 445 g/mol. The van der Waals surface area contributed by atoms with Gasteiger partial charge in [-0.05, 0) is 54.6 Å². The Hall–Kier alpha value is -3.45. The molecule has 2 aliphatic heterocycles. The summed E-state index contributed by atoms with van der Waals surface area (Å²) < 4.78 is 0. The lowest BCUT2D eigenvalue weighted by molar-refractivity contribution is -0.120. The van der Waals surface area contributed by atoms with Crippen LogP contribution < -0.4 is 9.80 Å². The van der Waals surface area contributed by atoms with E-state index in [1.165, 1.54) is 16.2 Å². The van der Waals surface area contributed by atoms with E-state index in [4.69, 9.17) is 0 Å². The van der Waals surface area contributed by atoms with E-state index >= 15 is 0 Å². The van der Waals surface area contributed by atoms with Crippen molar-refractivity contribution >= 4 is 40.2 Å². The van der Waals surface area contributed by atoms with Crippen molar-refractivity contribution in [1.29, 1.82) is 0 Å². The second-order valence-corrected chi connectivity index (χ2v) is 8.98. The van der Waals surface area contributed by atoms with Gasteiger partial charge >= 0.3 is 0 Å². The Kier molecular flexibility index (Phi) is 5.27. The highest BCUT2D eigenvalue weighted by atomic mass is 32.1. The monoisotopic (exact) mass is 444 g/mol. The van der Waals surface area contributed by atoms with Gasteiger partial charge in [-0.25, -0.2) is 9.88 Å². The van der Waals surface area contributed by atoms with Crippen LogP contribution in [0.4, 0.5) is 11.5 Å². The highest BCUT2D eigenvalue weighted by molar-refractivity contribution is 7.11. The van der Waals surface area contributed by atoms with Crippen LogP contribution in [-0.2, 0) is 9.59 Å². The van der Waals surface area contributed by atoms with E-state index in [1.807, 2.05) is 67.8 Å². The van der Waals surface area contributed by atoms with Crippen LogP contribution in [0.5, 0.6) is 0 Å². The van der Waals surface area contributed by atoms with Crippen molar-refractivity contribution in [2.45, 2.75) is 13.8 Å². The number of imide groups is 1. The number of rotatable bonds is 4. The van der Waals surface area contributed by atoms with Crippen LogP contribution in [0.2, 0.25) is 0 Å². The minimum Gasteiger partial charge on any atom is -0.363 e. The number of carbonyl (C=O) groups excluding carboxylic acids is 2. The van der Waals surface area contributed by atoms with Gasteiger partial charge in [0.25, 0.3) is 11.8 Å². The standard InChI is InChI=1S/C25H24N4O2S/c1-17-7-5-8-19(18(17)2)29-24(30)22(20-9-6-16-32-20)23(25(29)31)28-14-12-27(13-15-28)21-10-3-4-11-26-21/h3-11,16H,12-15H2,1-2H3. The molecule has 0 unspecified atom stereocenters. The molecule has 32 heavy (non-hydrogen) atoms. The number of anilines is 2. The molecule has 7 heteroatoms. The summed E-state index contributed by atoms with van der Waals surface area (Å²) in [7, 11) is 0. The van der Waals surface area contributed by atoms with Gasteiger partial charge in [-0.3, -0.25) is 9.59 Å². The number of amides is 2. The Balaban J connectivity index is 1.50. The maximum absolute atomic E-state index is 13.7. The number of thiophene rings is 1. The van der Waals surface area contributed by atoms with Crippen LogP contribution in [0.25, 0.3) is 5.57 Å². The average Bonchev–Trinajstić information content (AvgIpc) is 3.43. The van der Waals surface area contributed by atoms with Gasteiger partial charge in [0, 0.05) is 37.3 Å². The number of piperazine rings is 1. The van der Waals surface area contributed by atoms with Gasteiger partial charge in [-0.1, -0.05) is 24.3 Å². The van der Waals surface area contributed by atoms with E-state index in [2.05, 4.69) is 14.8 Å². The fraction of sp³-hybridized carbons (Fsp3) is 0.240. The molecule has 6 nitrogen and oxygen atoms in total. The zero-order chi connectivity index (χ0) is 22.2. The molecule has 162 valence electrons. The minimum absolute atomic E-state index is 0.238. The number of hydrogen-bond acceptors (Lipinski definition) is 6. The summed E-state index contributed by atoms with van der Waals surface area (Å²) >= 11 is 1.49. The van der Waals surface area contributed by atoms with E-state index in [0.29, 0.717) is 30.0 Å². The third-order valence-electron chi connectivity index (χ3n) is 6.21. The third kappa shape index (κ3) is 3.39. The number of aromatic nitrogens is 1. The number of aryl methyl sites for hydroxylation is 1. The predicted molar refractivity (Wildman–Crippen MR) is 128 cm³/mol. The van der Waals surface area contributed by atoms with E-state index < -0.39 is 0 Å². The molecule has 2 aromatic heterocycles. The minimum atomic E-state index is -0.242. The first-order chi connectivity index (χ1) is 15.6. The Morgan fingerprint density at radius 3 is 2.31 bits per heavy atom. The molecule has 0 atom stereocenters. The first-order valence-corrected chi connectivity index (χ1v) is 11.6. The fourth-order valence-corrected chi connectivity index (χ4v) is 5.11. The third-order valence-corrected chi connectivity index (χ3v) is 7.10. The van der Waals surface area contributed by atoms with Crippen LogP contribution in [0.3, 0.4) is 0 Å². The molecule has 2 amide bonds. The maximum atomic E-state index is 13.7. The smallest absolute Gasteiger partial charge is 0.282 e. The summed E-state index contributed by atoms with van der Waals surface area (Å²) in [5.41, 5.74) is 3.69. The maximum Gasteiger partial charge on any atom is 0.282 e. The second kappa shape index (κ2) is 8.24. The fourth-order valence-electron chi connectivity index (χ4n) is 4.35. The van der Waals surface area contributed by atoms with Crippen LogP contribution in [-0.4, -0.2) is 47.9 Å². The molecule has 4 heterocycles. The van der Waals surface area contributed by atoms with Crippen molar-refractivity contribution in [3.8, 4) is 0 Å². The SMILES string of the molecule is Cc1cccc(N2C(=O)C(c3cccs3)=C(N3CCN(c4ccccn4)CC3)C2=O)c1C. The molecule has 3 aromatic rings. The van der Waals surface area contributed by atoms with Gasteiger partial charge in [-0.15, -0.1) is 11.3 Å². The van der Waals surface area contributed by atoms with Crippen LogP contribution >= 0.6 is 11.3 Å². The molecule has 0 aliphatic carbocycles. The Morgan fingerprint density at radius 2 is 1.62 bits per heavy atom. The molecule has 5 rings (SSSR count).